The summed E-state index contributed by atoms with van der Waals surface area (Å²) in [6, 6.07) is 2.28. The van der Waals surface area contributed by atoms with Gasteiger partial charge in [0.1, 0.15) is 4.90 Å². The van der Waals surface area contributed by atoms with Crippen molar-refractivity contribution < 1.29 is 12.8 Å². The van der Waals surface area contributed by atoms with Crippen molar-refractivity contribution >= 4 is 27.3 Å². The Morgan fingerprint density at radius 1 is 1.37 bits per heavy atom. The first kappa shape index (κ1) is 16.2. The Morgan fingerprint density at radius 2 is 2.00 bits per heavy atom. The second kappa shape index (κ2) is 6.54. The fourth-order valence-corrected chi connectivity index (χ4v) is 3.25. The van der Waals surface area contributed by atoms with Gasteiger partial charge < -0.3 is 5.73 Å². The molecule has 0 aliphatic heterocycles. The predicted molar refractivity (Wildman–Crippen MR) is 75.2 cm³/mol. The molecule has 1 aromatic carbocycles. The predicted octanol–water partition coefficient (Wildman–Crippen LogP) is 2.87. The summed E-state index contributed by atoms with van der Waals surface area (Å²) in [5.41, 5.74) is 5.63. The number of anilines is 1. The van der Waals surface area contributed by atoms with E-state index in [0.29, 0.717) is 6.54 Å². The molecule has 1 aromatic rings. The highest BCUT2D eigenvalue weighted by atomic mass is 35.5. The van der Waals surface area contributed by atoms with Gasteiger partial charge in [0.05, 0.1) is 5.02 Å². The van der Waals surface area contributed by atoms with Crippen LogP contribution in [0.3, 0.4) is 0 Å². The molecule has 0 saturated heterocycles. The van der Waals surface area contributed by atoms with Crippen molar-refractivity contribution in [3.05, 3.63) is 23.0 Å². The minimum atomic E-state index is -3.90. The Morgan fingerprint density at radius 3 is 2.58 bits per heavy atom. The molecule has 0 unspecified atom stereocenters. The monoisotopic (exact) mass is 308 g/mol. The highest BCUT2D eigenvalue weighted by Crippen LogP contribution is 2.27. The third-order valence-electron chi connectivity index (χ3n) is 2.78. The molecule has 108 valence electrons. The van der Waals surface area contributed by atoms with Gasteiger partial charge in [-0.1, -0.05) is 31.4 Å². The van der Waals surface area contributed by atoms with E-state index in [0.717, 1.165) is 29.6 Å². The van der Waals surface area contributed by atoms with Crippen LogP contribution in [0.1, 0.15) is 26.2 Å². The summed E-state index contributed by atoms with van der Waals surface area (Å²) in [7, 11) is -2.48. The van der Waals surface area contributed by atoms with Crippen molar-refractivity contribution in [3.8, 4) is 0 Å². The fraction of sp³-hybridized carbons (Fsp3) is 0.500. The lowest BCUT2D eigenvalue weighted by atomic mass is 10.2. The van der Waals surface area contributed by atoms with Crippen molar-refractivity contribution in [1.82, 2.24) is 4.31 Å². The van der Waals surface area contributed by atoms with Crippen LogP contribution in [0.2, 0.25) is 5.02 Å². The summed E-state index contributed by atoms with van der Waals surface area (Å²) in [5.74, 6) is -0.960. The quantitative estimate of drug-likeness (QED) is 0.649. The average molecular weight is 309 g/mol. The summed E-state index contributed by atoms with van der Waals surface area (Å²) in [6.45, 7) is 2.36. The van der Waals surface area contributed by atoms with Crippen molar-refractivity contribution in [2.24, 2.45) is 0 Å². The number of benzene rings is 1. The molecule has 0 radical (unpaired) electrons. The zero-order valence-corrected chi connectivity index (χ0v) is 12.6. The summed E-state index contributed by atoms with van der Waals surface area (Å²) in [6.07, 6.45) is 2.62. The van der Waals surface area contributed by atoms with E-state index in [4.69, 9.17) is 17.3 Å². The standard InChI is InChI=1S/C12H18ClFN2O2S/c1-3-4-5-6-16(2)19(17,18)11-8-9(15)7-10(13)12(11)14/h7-8H,3-6,15H2,1-2H3. The third kappa shape index (κ3) is 3.81. The van der Waals surface area contributed by atoms with Crippen LogP contribution >= 0.6 is 11.6 Å². The molecule has 0 amide bonds. The Labute approximate surface area is 118 Å². The second-order valence-corrected chi connectivity index (χ2v) is 6.77. The van der Waals surface area contributed by atoms with Gasteiger partial charge in [0.2, 0.25) is 10.0 Å². The number of nitrogen functional groups attached to an aromatic ring is 1. The van der Waals surface area contributed by atoms with E-state index in [1.54, 1.807) is 0 Å². The first-order valence-corrected chi connectivity index (χ1v) is 7.83. The van der Waals surface area contributed by atoms with E-state index < -0.39 is 20.7 Å². The lowest BCUT2D eigenvalue weighted by molar-refractivity contribution is 0.449. The van der Waals surface area contributed by atoms with E-state index >= 15 is 0 Å². The second-order valence-electron chi connectivity index (χ2n) is 4.35. The van der Waals surface area contributed by atoms with Crippen LogP contribution in [0, 0.1) is 5.82 Å². The van der Waals surface area contributed by atoms with Gasteiger partial charge in [-0.3, -0.25) is 0 Å². The molecule has 0 aliphatic rings. The van der Waals surface area contributed by atoms with Gasteiger partial charge in [-0.2, -0.15) is 0 Å². The molecule has 0 aromatic heterocycles. The van der Waals surface area contributed by atoms with Crippen molar-refractivity contribution in [3.63, 3.8) is 0 Å². The van der Waals surface area contributed by atoms with Crippen LogP contribution in [0.15, 0.2) is 17.0 Å². The van der Waals surface area contributed by atoms with E-state index in [-0.39, 0.29) is 10.7 Å². The Hall–Kier alpha value is -0.850. The van der Waals surface area contributed by atoms with Crippen LogP contribution in [-0.2, 0) is 10.0 Å². The summed E-state index contributed by atoms with van der Waals surface area (Å²) < 4.78 is 39.4. The van der Waals surface area contributed by atoms with Crippen molar-refractivity contribution in [1.29, 1.82) is 0 Å². The molecular weight excluding hydrogens is 291 g/mol. The maximum absolute atomic E-state index is 13.8. The number of halogens is 2. The summed E-state index contributed by atoms with van der Waals surface area (Å²) in [4.78, 5) is -0.475. The number of hydrogen-bond donors (Lipinski definition) is 1. The Bertz CT molecular complexity index is 549. The lowest BCUT2D eigenvalue weighted by Gasteiger charge is -2.18. The van der Waals surface area contributed by atoms with Crippen LogP contribution in [0.5, 0.6) is 0 Å². The molecule has 0 atom stereocenters. The molecule has 0 spiro atoms. The van der Waals surface area contributed by atoms with Crippen molar-refractivity contribution in [2.45, 2.75) is 31.1 Å². The zero-order valence-electron chi connectivity index (χ0n) is 11.0. The van der Waals surface area contributed by atoms with E-state index in [2.05, 4.69) is 0 Å². The number of nitrogens with zero attached hydrogens (tertiary/aromatic N) is 1. The maximum atomic E-state index is 13.8. The molecule has 19 heavy (non-hydrogen) atoms. The number of rotatable bonds is 6. The number of hydrogen-bond acceptors (Lipinski definition) is 3. The third-order valence-corrected chi connectivity index (χ3v) is 4.91. The molecule has 0 aliphatic carbocycles. The van der Waals surface area contributed by atoms with Gasteiger partial charge in [0, 0.05) is 19.3 Å². The van der Waals surface area contributed by atoms with Gasteiger partial charge >= 0.3 is 0 Å². The Kier molecular flexibility index (Phi) is 5.58. The molecule has 0 saturated carbocycles. The molecule has 4 nitrogen and oxygen atoms in total. The summed E-state index contributed by atoms with van der Waals surface area (Å²) >= 11 is 5.62. The van der Waals surface area contributed by atoms with Gasteiger partial charge in [-0.05, 0) is 18.6 Å². The number of sulfonamides is 1. The van der Waals surface area contributed by atoms with E-state index in [9.17, 15) is 12.8 Å². The first-order chi connectivity index (χ1) is 8.80. The average Bonchev–Trinajstić information content (AvgIpc) is 2.33. The number of nitrogens with two attached hydrogens (primary N) is 1. The number of unbranched alkanes of at least 4 members (excludes halogenated alkanes) is 2. The van der Waals surface area contributed by atoms with Gasteiger partial charge in [-0.15, -0.1) is 0 Å². The normalized spacial score (nSPS) is 12.1. The molecular formula is C12H18ClFN2O2S. The minimum Gasteiger partial charge on any atom is -0.399 e. The van der Waals surface area contributed by atoms with E-state index in [1.807, 2.05) is 6.92 Å². The highest BCUT2D eigenvalue weighted by molar-refractivity contribution is 7.89. The zero-order chi connectivity index (χ0) is 14.6. The largest absolute Gasteiger partial charge is 0.399 e. The Balaban J connectivity index is 3.06. The molecule has 7 heteroatoms. The van der Waals surface area contributed by atoms with Crippen LogP contribution in [-0.4, -0.2) is 26.3 Å². The van der Waals surface area contributed by atoms with Crippen LogP contribution in [0.4, 0.5) is 10.1 Å². The minimum absolute atomic E-state index is 0.118. The van der Waals surface area contributed by atoms with Crippen molar-refractivity contribution in [2.75, 3.05) is 19.3 Å². The van der Waals surface area contributed by atoms with Gasteiger partial charge in [0.25, 0.3) is 0 Å². The smallest absolute Gasteiger partial charge is 0.245 e. The van der Waals surface area contributed by atoms with Crippen LogP contribution < -0.4 is 5.73 Å². The van der Waals surface area contributed by atoms with E-state index in [1.165, 1.54) is 13.1 Å². The topological polar surface area (TPSA) is 63.4 Å². The summed E-state index contributed by atoms with van der Waals surface area (Å²) in [5, 5.41) is -0.291. The SMILES string of the molecule is CCCCCN(C)S(=O)(=O)c1cc(N)cc(Cl)c1F. The van der Waals surface area contributed by atoms with Crippen LogP contribution in [0.25, 0.3) is 0 Å². The first-order valence-electron chi connectivity index (χ1n) is 6.01. The maximum Gasteiger partial charge on any atom is 0.245 e. The highest BCUT2D eigenvalue weighted by Gasteiger charge is 2.26. The molecule has 0 fully saturated rings. The molecule has 1 rings (SSSR count). The molecule has 0 heterocycles. The fourth-order valence-electron chi connectivity index (χ4n) is 1.64. The van der Waals surface area contributed by atoms with Gasteiger partial charge in [0.15, 0.2) is 5.82 Å². The lowest BCUT2D eigenvalue weighted by Crippen LogP contribution is -2.28. The molecule has 2 N–H and O–H groups in total. The molecule has 0 bridgehead atoms. The van der Waals surface area contributed by atoms with Gasteiger partial charge in [-0.25, -0.2) is 17.1 Å².